The predicted molar refractivity (Wildman–Crippen MR) is 74.4 cm³/mol. The Morgan fingerprint density at radius 3 is 2.50 bits per heavy atom. The Morgan fingerprint density at radius 2 is 1.83 bits per heavy atom. The Kier molecular flexibility index (Phi) is 12.0. The van der Waals surface area contributed by atoms with Gasteiger partial charge in [-0.05, 0) is 19.8 Å². The number of ether oxygens (including phenoxy) is 1. The van der Waals surface area contributed by atoms with Gasteiger partial charge in [-0.15, -0.1) is 0 Å². The molecule has 0 fully saturated rings. The molecule has 0 aromatic carbocycles. The van der Waals surface area contributed by atoms with Gasteiger partial charge in [0, 0.05) is 0 Å². The molecule has 3 nitrogen and oxygen atoms in total. The van der Waals surface area contributed by atoms with Gasteiger partial charge in [0.15, 0.2) is 0 Å². The molecule has 0 rings (SSSR count). The molecule has 0 bridgehead atoms. The van der Waals surface area contributed by atoms with Crippen LogP contribution in [0.25, 0.3) is 0 Å². The third-order valence-corrected chi connectivity index (χ3v) is 2.66. The molecule has 0 spiro atoms. The van der Waals surface area contributed by atoms with Crippen LogP contribution in [0, 0.1) is 0 Å². The lowest BCUT2D eigenvalue weighted by Crippen LogP contribution is -2.14. The van der Waals surface area contributed by atoms with Gasteiger partial charge in [0.25, 0.3) is 0 Å². The minimum atomic E-state index is -0.582. The summed E-state index contributed by atoms with van der Waals surface area (Å²) in [5, 5.41) is 8.94. The minimum absolute atomic E-state index is 0.0874. The van der Waals surface area contributed by atoms with E-state index in [1.165, 1.54) is 38.5 Å². The highest BCUT2D eigenvalue weighted by Gasteiger charge is 2.01. The summed E-state index contributed by atoms with van der Waals surface area (Å²) in [5.74, 6) is -0.268. The van der Waals surface area contributed by atoms with E-state index in [0.717, 1.165) is 6.42 Å². The number of carbonyl (C=O) groups excluding carboxylic acids is 1. The van der Waals surface area contributed by atoms with Crippen molar-refractivity contribution in [1.82, 2.24) is 0 Å². The molecule has 0 saturated heterocycles. The van der Waals surface area contributed by atoms with Gasteiger partial charge in [-0.2, -0.15) is 0 Å². The quantitative estimate of drug-likeness (QED) is 0.349. The molecule has 0 heterocycles. The van der Waals surface area contributed by atoms with E-state index in [1.807, 2.05) is 12.2 Å². The second kappa shape index (κ2) is 12.6. The van der Waals surface area contributed by atoms with E-state index in [4.69, 9.17) is 9.84 Å². The number of carbonyl (C=O) groups is 1. The number of aliphatic hydroxyl groups excluding tert-OH is 1. The zero-order valence-electron chi connectivity index (χ0n) is 11.9. The molecule has 0 radical (unpaired) electrons. The van der Waals surface area contributed by atoms with Crippen LogP contribution in [0.15, 0.2) is 12.2 Å². The lowest BCUT2D eigenvalue weighted by atomic mass is 10.1. The molecule has 106 valence electrons. The van der Waals surface area contributed by atoms with Crippen LogP contribution in [0.5, 0.6) is 0 Å². The topological polar surface area (TPSA) is 46.5 Å². The molecule has 0 aliphatic rings. The second-order valence-electron chi connectivity index (χ2n) is 4.76. The normalized spacial score (nSPS) is 12.8. The number of hydrogen-bond donors (Lipinski definition) is 1. The van der Waals surface area contributed by atoms with Crippen molar-refractivity contribution >= 4 is 5.97 Å². The summed E-state index contributed by atoms with van der Waals surface area (Å²) in [6.07, 6.45) is 12.4. The average molecular weight is 256 g/mol. The first kappa shape index (κ1) is 17.2. The van der Waals surface area contributed by atoms with Crippen molar-refractivity contribution in [2.45, 2.75) is 71.3 Å². The van der Waals surface area contributed by atoms with Crippen molar-refractivity contribution in [3.05, 3.63) is 12.2 Å². The van der Waals surface area contributed by atoms with Crippen molar-refractivity contribution in [3.8, 4) is 0 Å². The Balaban J connectivity index is 3.29. The second-order valence-corrected chi connectivity index (χ2v) is 4.76. The number of esters is 1. The SMILES string of the molecule is CCCCCCCC/C=C/CC(=O)OCC(C)O. The molecule has 3 heteroatoms. The monoisotopic (exact) mass is 256 g/mol. The van der Waals surface area contributed by atoms with Gasteiger partial charge in [0.05, 0.1) is 12.5 Å². The summed E-state index contributed by atoms with van der Waals surface area (Å²) in [6.45, 7) is 3.91. The molecule has 1 atom stereocenters. The summed E-state index contributed by atoms with van der Waals surface area (Å²) in [5.41, 5.74) is 0. The maximum atomic E-state index is 11.2. The Morgan fingerprint density at radius 1 is 1.17 bits per heavy atom. The van der Waals surface area contributed by atoms with Gasteiger partial charge in [-0.25, -0.2) is 0 Å². The smallest absolute Gasteiger partial charge is 0.309 e. The molecule has 1 unspecified atom stereocenters. The van der Waals surface area contributed by atoms with E-state index in [-0.39, 0.29) is 12.6 Å². The maximum absolute atomic E-state index is 11.2. The highest BCUT2D eigenvalue weighted by atomic mass is 16.5. The van der Waals surface area contributed by atoms with Crippen LogP contribution in [0.2, 0.25) is 0 Å². The van der Waals surface area contributed by atoms with E-state index in [9.17, 15) is 4.79 Å². The molecule has 18 heavy (non-hydrogen) atoms. The molecule has 1 N–H and O–H groups in total. The predicted octanol–water partition coefficient (Wildman–Crippen LogP) is 3.61. The van der Waals surface area contributed by atoms with Crippen LogP contribution in [0.1, 0.15) is 65.2 Å². The third-order valence-electron chi connectivity index (χ3n) is 2.66. The zero-order valence-corrected chi connectivity index (χ0v) is 11.9. The number of aliphatic hydroxyl groups is 1. The zero-order chi connectivity index (χ0) is 13.6. The van der Waals surface area contributed by atoms with E-state index < -0.39 is 6.10 Å². The molecule has 0 saturated carbocycles. The summed E-state index contributed by atoms with van der Waals surface area (Å²) in [4.78, 5) is 11.2. The number of allylic oxidation sites excluding steroid dienone is 1. The van der Waals surface area contributed by atoms with Gasteiger partial charge in [0.2, 0.25) is 0 Å². The molecular formula is C15H28O3. The van der Waals surface area contributed by atoms with Crippen molar-refractivity contribution in [2.24, 2.45) is 0 Å². The van der Waals surface area contributed by atoms with Gasteiger partial charge < -0.3 is 9.84 Å². The fourth-order valence-electron chi connectivity index (χ4n) is 1.61. The number of rotatable bonds is 11. The molecule has 0 amide bonds. The van der Waals surface area contributed by atoms with Crippen LogP contribution < -0.4 is 0 Å². The van der Waals surface area contributed by atoms with Gasteiger partial charge >= 0.3 is 5.97 Å². The fraction of sp³-hybridized carbons (Fsp3) is 0.800. The average Bonchev–Trinajstić information content (AvgIpc) is 2.34. The van der Waals surface area contributed by atoms with Crippen molar-refractivity contribution in [2.75, 3.05) is 6.61 Å². The van der Waals surface area contributed by atoms with E-state index >= 15 is 0 Å². The summed E-state index contributed by atoms with van der Waals surface area (Å²) in [6, 6.07) is 0. The van der Waals surface area contributed by atoms with Gasteiger partial charge in [-0.3, -0.25) is 4.79 Å². The number of unbranched alkanes of at least 4 members (excludes halogenated alkanes) is 6. The van der Waals surface area contributed by atoms with Crippen LogP contribution in [-0.4, -0.2) is 23.8 Å². The van der Waals surface area contributed by atoms with E-state index in [2.05, 4.69) is 6.92 Å². The summed E-state index contributed by atoms with van der Waals surface area (Å²) < 4.78 is 4.84. The molecule has 0 aliphatic carbocycles. The van der Waals surface area contributed by atoms with Gasteiger partial charge in [-0.1, -0.05) is 51.2 Å². The first-order valence-electron chi connectivity index (χ1n) is 7.15. The van der Waals surface area contributed by atoms with E-state index in [0.29, 0.717) is 6.42 Å². The van der Waals surface area contributed by atoms with Crippen molar-refractivity contribution < 1.29 is 14.6 Å². The van der Waals surface area contributed by atoms with Crippen molar-refractivity contribution in [3.63, 3.8) is 0 Å². The standard InChI is InChI=1S/C15H28O3/c1-3-4-5-6-7-8-9-10-11-12-15(17)18-13-14(2)16/h10-11,14,16H,3-9,12-13H2,1-2H3/b11-10+. The van der Waals surface area contributed by atoms with Crippen LogP contribution in [0.4, 0.5) is 0 Å². The van der Waals surface area contributed by atoms with Crippen molar-refractivity contribution in [1.29, 1.82) is 0 Å². The summed E-state index contributed by atoms with van der Waals surface area (Å²) in [7, 11) is 0. The first-order chi connectivity index (χ1) is 8.66. The first-order valence-corrected chi connectivity index (χ1v) is 7.15. The Bertz CT molecular complexity index is 222. The van der Waals surface area contributed by atoms with Crippen LogP contribution >= 0.6 is 0 Å². The maximum Gasteiger partial charge on any atom is 0.309 e. The lowest BCUT2D eigenvalue weighted by Gasteiger charge is -2.04. The Hall–Kier alpha value is -0.830. The van der Waals surface area contributed by atoms with Crippen LogP contribution in [0.3, 0.4) is 0 Å². The molecular weight excluding hydrogens is 228 g/mol. The van der Waals surface area contributed by atoms with E-state index in [1.54, 1.807) is 6.92 Å². The molecule has 0 aromatic heterocycles. The fourth-order valence-corrected chi connectivity index (χ4v) is 1.61. The molecule has 0 aromatic rings. The lowest BCUT2D eigenvalue weighted by molar-refractivity contribution is -0.145. The highest BCUT2D eigenvalue weighted by Crippen LogP contribution is 2.07. The minimum Gasteiger partial charge on any atom is -0.463 e. The summed E-state index contributed by atoms with van der Waals surface area (Å²) >= 11 is 0. The highest BCUT2D eigenvalue weighted by molar-refractivity contribution is 5.71. The molecule has 0 aliphatic heterocycles. The largest absolute Gasteiger partial charge is 0.463 e. The number of hydrogen-bond acceptors (Lipinski definition) is 3. The van der Waals surface area contributed by atoms with Crippen LogP contribution in [-0.2, 0) is 9.53 Å². The van der Waals surface area contributed by atoms with Gasteiger partial charge in [0.1, 0.15) is 6.61 Å². The third kappa shape index (κ3) is 13.2. The Labute approximate surface area is 111 Å².